The molecule has 2 aromatic carbocycles. The molecular weight excluding hydrogens is 284 g/mol. The van der Waals surface area contributed by atoms with Crippen LogP contribution in [0.1, 0.15) is 18.4 Å². The maximum absolute atomic E-state index is 12.4. The van der Waals surface area contributed by atoms with Crippen LogP contribution in [-0.2, 0) is 4.79 Å². The Bertz CT molecular complexity index is 686. The number of ketones is 1. The van der Waals surface area contributed by atoms with Crippen LogP contribution in [0, 0.1) is 0 Å². The van der Waals surface area contributed by atoms with Gasteiger partial charge in [0.1, 0.15) is 0 Å². The van der Waals surface area contributed by atoms with Gasteiger partial charge in [-0.2, -0.15) is 0 Å². The zero-order chi connectivity index (χ0) is 15.6. The molecule has 22 heavy (non-hydrogen) atoms. The van der Waals surface area contributed by atoms with Gasteiger partial charge in [-0.1, -0.05) is 78.9 Å². The van der Waals surface area contributed by atoms with Crippen LogP contribution in [0.25, 0.3) is 6.08 Å². The van der Waals surface area contributed by atoms with Crippen molar-refractivity contribution >= 4 is 25.1 Å². The Hall–Kier alpha value is -1.93. The van der Waals surface area contributed by atoms with Crippen molar-refractivity contribution in [1.82, 2.24) is 0 Å². The summed E-state index contributed by atoms with van der Waals surface area (Å²) in [4.78, 5) is 12.4. The summed E-state index contributed by atoms with van der Waals surface area (Å²) < 4.78 is 0. The van der Waals surface area contributed by atoms with Crippen LogP contribution in [0.4, 0.5) is 0 Å². The minimum atomic E-state index is -1.69. The lowest BCUT2D eigenvalue weighted by Gasteiger charge is -2.30. The van der Waals surface area contributed by atoms with Gasteiger partial charge in [0.25, 0.3) is 0 Å². The fraction of sp³-hybridized carbons (Fsp3) is 0.250. The van der Waals surface area contributed by atoms with Crippen molar-refractivity contribution in [3.63, 3.8) is 0 Å². The molecule has 1 fully saturated rings. The van der Waals surface area contributed by atoms with Crippen LogP contribution in [0.15, 0.2) is 66.2 Å². The predicted molar refractivity (Wildman–Crippen MR) is 96.0 cm³/mol. The number of allylic oxidation sites excluding steroid dienone is 1. The van der Waals surface area contributed by atoms with Gasteiger partial charge in [-0.3, -0.25) is 4.79 Å². The lowest BCUT2D eigenvalue weighted by molar-refractivity contribution is -0.114. The van der Waals surface area contributed by atoms with Gasteiger partial charge in [0.05, 0.1) is 8.07 Å². The second-order valence-corrected chi connectivity index (χ2v) is 11.3. The van der Waals surface area contributed by atoms with E-state index in [-0.39, 0.29) is 0 Å². The van der Waals surface area contributed by atoms with Crippen LogP contribution < -0.4 is 5.19 Å². The largest absolute Gasteiger partial charge is 0.295 e. The van der Waals surface area contributed by atoms with Gasteiger partial charge in [-0.05, 0) is 29.2 Å². The maximum Gasteiger partial charge on any atom is 0.158 e. The molecule has 1 unspecified atom stereocenters. The lowest BCUT2D eigenvalue weighted by Crippen LogP contribution is -2.45. The molecule has 112 valence electrons. The number of carbonyl (C=O) groups is 1. The molecule has 1 aliphatic carbocycles. The standard InChI is InChI=1S/C20H22OSi/c1-22(2,17-11-7-4-8-12-17)20-14-13-19(21)18(20)15-16-9-5-3-6-10-16/h3-12,15,20H,13-14H2,1-2H3/b18-15-. The van der Waals surface area contributed by atoms with Crippen molar-refractivity contribution in [2.24, 2.45) is 0 Å². The third-order valence-corrected chi connectivity index (χ3v) is 9.03. The first-order valence-electron chi connectivity index (χ1n) is 7.94. The van der Waals surface area contributed by atoms with Crippen LogP contribution in [0.2, 0.25) is 18.6 Å². The zero-order valence-corrected chi connectivity index (χ0v) is 14.3. The van der Waals surface area contributed by atoms with E-state index in [2.05, 4.69) is 61.6 Å². The lowest BCUT2D eigenvalue weighted by atomic mass is 10.1. The first kappa shape index (κ1) is 15.0. The highest BCUT2D eigenvalue weighted by atomic mass is 28.3. The van der Waals surface area contributed by atoms with Gasteiger partial charge in [0, 0.05) is 6.42 Å². The van der Waals surface area contributed by atoms with Crippen molar-refractivity contribution in [1.29, 1.82) is 0 Å². The van der Waals surface area contributed by atoms with E-state index < -0.39 is 8.07 Å². The molecule has 0 aliphatic heterocycles. The Labute approximate surface area is 133 Å². The van der Waals surface area contributed by atoms with E-state index in [0.29, 0.717) is 17.7 Å². The van der Waals surface area contributed by atoms with Crippen LogP contribution in [0.3, 0.4) is 0 Å². The monoisotopic (exact) mass is 306 g/mol. The van der Waals surface area contributed by atoms with Crippen LogP contribution >= 0.6 is 0 Å². The quantitative estimate of drug-likeness (QED) is 0.606. The van der Waals surface area contributed by atoms with Crippen molar-refractivity contribution in [3.05, 3.63) is 71.8 Å². The first-order chi connectivity index (χ1) is 10.6. The van der Waals surface area contributed by atoms with E-state index in [0.717, 1.165) is 17.6 Å². The van der Waals surface area contributed by atoms with E-state index in [1.807, 2.05) is 18.2 Å². The predicted octanol–water partition coefficient (Wildman–Crippen LogP) is 4.42. The molecule has 2 aromatic rings. The number of hydrogen-bond acceptors (Lipinski definition) is 1. The average Bonchev–Trinajstić information content (AvgIpc) is 2.91. The number of rotatable bonds is 3. The summed E-state index contributed by atoms with van der Waals surface area (Å²) in [6.45, 7) is 4.79. The van der Waals surface area contributed by atoms with Gasteiger partial charge >= 0.3 is 0 Å². The number of benzene rings is 2. The normalized spacial score (nSPS) is 20.5. The summed E-state index contributed by atoms with van der Waals surface area (Å²) in [6.07, 6.45) is 3.83. The molecule has 0 heterocycles. The van der Waals surface area contributed by atoms with Crippen molar-refractivity contribution < 1.29 is 4.79 Å². The zero-order valence-electron chi connectivity index (χ0n) is 13.3. The SMILES string of the molecule is C[Si](C)(c1ccccc1)C1CCC(=O)/C1=C/c1ccccc1. The third kappa shape index (κ3) is 2.84. The minimum absolute atomic E-state index is 0.338. The highest BCUT2D eigenvalue weighted by Gasteiger charge is 2.41. The highest BCUT2D eigenvalue weighted by Crippen LogP contribution is 2.41. The summed E-state index contributed by atoms with van der Waals surface area (Å²) in [5, 5.41) is 1.44. The average molecular weight is 306 g/mol. The fourth-order valence-electron chi connectivity index (χ4n) is 3.50. The van der Waals surface area contributed by atoms with Gasteiger partial charge in [-0.15, -0.1) is 0 Å². The van der Waals surface area contributed by atoms with Crippen molar-refractivity contribution in [3.8, 4) is 0 Å². The summed E-state index contributed by atoms with van der Waals surface area (Å²) in [5.41, 5.74) is 2.60. The first-order valence-corrected chi connectivity index (χ1v) is 11.0. The fourth-order valence-corrected chi connectivity index (χ4v) is 6.84. The molecule has 1 nitrogen and oxygen atoms in total. The van der Waals surface area contributed by atoms with Gasteiger partial charge in [0.2, 0.25) is 0 Å². The smallest absolute Gasteiger partial charge is 0.158 e. The summed E-state index contributed by atoms with van der Waals surface area (Å²) >= 11 is 0. The molecule has 0 saturated heterocycles. The van der Waals surface area contributed by atoms with Crippen molar-refractivity contribution in [2.75, 3.05) is 0 Å². The molecule has 0 radical (unpaired) electrons. The van der Waals surface area contributed by atoms with Gasteiger partial charge in [-0.25, -0.2) is 0 Å². The number of Topliss-reactive ketones (excluding diaryl/α,β-unsaturated/α-hetero) is 1. The molecule has 0 amide bonds. The van der Waals surface area contributed by atoms with E-state index in [1.54, 1.807) is 0 Å². The molecule has 0 bridgehead atoms. The number of carbonyl (C=O) groups excluding carboxylic acids is 1. The van der Waals surface area contributed by atoms with E-state index in [4.69, 9.17) is 0 Å². The van der Waals surface area contributed by atoms with Crippen LogP contribution in [0.5, 0.6) is 0 Å². The molecule has 1 saturated carbocycles. The molecule has 2 heteroatoms. The Morgan fingerprint density at radius 1 is 0.955 bits per heavy atom. The molecule has 0 aromatic heterocycles. The van der Waals surface area contributed by atoms with E-state index in [1.165, 1.54) is 5.19 Å². The molecule has 3 rings (SSSR count). The third-order valence-electron chi connectivity index (χ3n) is 4.87. The van der Waals surface area contributed by atoms with Crippen LogP contribution in [-0.4, -0.2) is 13.9 Å². The van der Waals surface area contributed by atoms with E-state index in [9.17, 15) is 4.79 Å². The Balaban J connectivity index is 1.99. The van der Waals surface area contributed by atoms with Crippen molar-refractivity contribution in [2.45, 2.75) is 31.5 Å². The minimum Gasteiger partial charge on any atom is -0.295 e. The topological polar surface area (TPSA) is 17.1 Å². The molecule has 0 spiro atoms. The van der Waals surface area contributed by atoms with Gasteiger partial charge in [0.15, 0.2) is 5.78 Å². The summed E-state index contributed by atoms with van der Waals surface area (Å²) in [7, 11) is -1.69. The van der Waals surface area contributed by atoms with E-state index >= 15 is 0 Å². The Kier molecular flexibility index (Phi) is 4.12. The second-order valence-electron chi connectivity index (χ2n) is 6.61. The second kappa shape index (κ2) is 6.05. The maximum atomic E-state index is 12.4. The number of hydrogen-bond donors (Lipinski definition) is 0. The Morgan fingerprint density at radius 2 is 1.55 bits per heavy atom. The molecule has 1 atom stereocenters. The Morgan fingerprint density at radius 3 is 2.18 bits per heavy atom. The molecule has 0 N–H and O–H groups in total. The molecular formula is C20H22OSi. The summed E-state index contributed by atoms with van der Waals surface area (Å²) in [6, 6.07) is 21.0. The molecule has 1 aliphatic rings. The summed E-state index contributed by atoms with van der Waals surface area (Å²) in [5.74, 6) is 0.338. The highest BCUT2D eigenvalue weighted by molar-refractivity contribution is 6.92. The van der Waals surface area contributed by atoms with Gasteiger partial charge < -0.3 is 0 Å².